The summed E-state index contributed by atoms with van der Waals surface area (Å²) in [6.07, 6.45) is 3.61. The number of benzene rings is 1. The molecule has 0 radical (unpaired) electrons. The van der Waals surface area contributed by atoms with Crippen molar-refractivity contribution in [3.05, 3.63) is 29.8 Å². The monoisotopic (exact) mass is 346 g/mol. The van der Waals surface area contributed by atoms with E-state index >= 15 is 0 Å². The normalized spacial score (nSPS) is 20.5. The van der Waals surface area contributed by atoms with Crippen LogP contribution in [0.1, 0.15) is 45.6 Å². The Labute approximate surface area is 150 Å². The predicted molar refractivity (Wildman–Crippen MR) is 102 cm³/mol. The molecule has 1 N–H and O–H groups in total. The molecule has 0 aromatic heterocycles. The van der Waals surface area contributed by atoms with Crippen molar-refractivity contribution in [2.45, 2.75) is 50.3 Å². The SMILES string of the molecule is CC(C)(C)c1ccc(SCC(=O)N2CCC3(CCNC3)CC2)cc1. The number of thioether (sulfide) groups is 1. The van der Waals surface area contributed by atoms with Crippen LogP contribution in [0.25, 0.3) is 0 Å². The van der Waals surface area contributed by atoms with Crippen molar-refractivity contribution in [1.82, 2.24) is 10.2 Å². The molecule has 0 saturated carbocycles. The molecule has 24 heavy (non-hydrogen) atoms. The highest BCUT2D eigenvalue weighted by atomic mass is 32.2. The van der Waals surface area contributed by atoms with Gasteiger partial charge in [-0.3, -0.25) is 4.79 Å². The van der Waals surface area contributed by atoms with Gasteiger partial charge < -0.3 is 10.2 Å². The number of hydrogen-bond donors (Lipinski definition) is 1. The van der Waals surface area contributed by atoms with Gasteiger partial charge in [-0.1, -0.05) is 32.9 Å². The number of piperidine rings is 1. The number of amides is 1. The number of nitrogens with zero attached hydrogens (tertiary/aromatic N) is 1. The van der Waals surface area contributed by atoms with E-state index in [9.17, 15) is 4.79 Å². The van der Waals surface area contributed by atoms with Crippen LogP contribution >= 0.6 is 11.8 Å². The summed E-state index contributed by atoms with van der Waals surface area (Å²) >= 11 is 1.66. The highest BCUT2D eigenvalue weighted by Gasteiger charge is 2.37. The summed E-state index contributed by atoms with van der Waals surface area (Å²) in [5, 5.41) is 3.48. The summed E-state index contributed by atoms with van der Waals surface area (Å²) in [5.74, 6) is 0.848. The molecule has 0 atom stereocenters. The van der Waals surface area contributed by atoms with Gasteiger partial charge in [0.1, 0.15) is 0 Å². The number of likely N-dealkylation sites (tertiary alicyclic amines) is 1. The predicted octanol–water partition coefficient (Wildman–Crippen LogP) is 3.68. The molecule has 3 rings (SSSR count). The Morgan fingerprint density at radius 2 is 1.83 bits per heavy atom. The second kappa shape index (κ2) is 7.09. The Morgan fingerprint density at radius 1 is 1.17 bits per heavy atom. The van der Waals surface area contributed by atoms with Crippen LogP contribution in [0.2, 0.25) is 0 Å². The van der Waals surface area contributed by atoms with Crippen molar-refractivity contribution < 1.29 is 4.79 Å². The second-order valence-electron chi connectivity index (χ2n) is 8.37. The molecule has 1 amide bonds. The van der Waals surface area contributed by atoms with Crippen LogP contribution in [0, 0.1) is 5.41 Å². The van der Waals surface area contributed by atoms with Gasteiger partial charge in [0.25, 0.3) is 0 Å². The standard InChI is InChI=1S/C20H30N2OS/c1-19(2,3)16-4-6-17(7-5-16)24-14-18(23)22-12-9-20(10-13-22)8-11-21-15-20/h4-7,21H,8-15H2,1-3H3. The minimum atomic E-state index is 0.178. The van der Waals surface area contributed by atoms with Crippen LogP contribution in [0.15, 0.2) is 29.2 Å². The summed E-state index contributed by atoms with van der Waals surface area (Å²) in [6, 6.07) is 8.66. The minimum absolute atomic E-state index is 0.178. The fourth-order valence-corrected chi connectivity index (χ4v) is 4.54. The first kappa shape index (κ1) is 17.8. The Morgan fingerprint density at radius 3 is 2.38 bits per heavy atom. The molecule has 1 aromatic carbocycles. The van der Waals surface area contributed by atoms with E-state index in [1.54, 1.807) is 11.8 Å². The van der Waals surface area contributed by atoms with Gasteiger partial charge in [0.2, 0.25) is 5.91 Å². The van der Waals surface area contributed by atoms with E-state index in [1.807, 2.05) is 0 Å². The lowest BCUT2D eigenvalue weighted by atomic mass is 9.78. The summed E-state index contributed by atoms with van der Waals surface area (Å²) in [7, 11) is 0. The highest BCUT2D eigenvalue weighted by Crippen LogP contribution is 2.37. The molecule has 2 aliphatic heterocycles. The van der Waals surface area contributed by atoms with Gasteiger partial charge in [-0.2, -0.15) is 0 Å². The number of carbonyl (C=O) groups excluding carboxylic acids is 1. The van der Waals surface area contributed by atoms with E-state index < -0.39 is 0 Å². The van der Waals surface area contributed by atoms with Crippen molar-refractivity contribution >= 4 is 17.7 Å². The van der Waals surface area contributed by atoms with E-state index in [-0.39, 0.29) is 5.41 Å². The molecule has 0 aliphatic carbocycles. The molecule has 0 bridgehead atoms. The molecule has 132 valence electrons. The molecule has 2 aliphatic rings. The van der Waals surface area contributed by atoms with Crippen molar-refractivity contribution in [1.29, 1.82) is 0 Å². The molecule has 2 saturated heterocycles. The molecule has 2 fully saturated rings. The number of carbonyl (C=O) groups is 1. The zero-order valence-electron chi connectivity index (χ0n) is 15.2. The Hall–Kier alpha value is -1.00. The molecular formula is C20H30N2OS. The summed E-state index contributed by atoms with van der Waals surface area (Å²) < 4.78 is 0. The first-order chi connectivity index (χ1) is 11.4. The lowest BCUT2D eigenvalue weighted by molar-refractivity contribution is -0.130. The second-order valence-corrected chi connectivity index (χ2v) is 9.42. The van der Waals surface area contributed by atoms with E-state index in [4.69, 9.17) is 0 Å². The summed E-state index contributed by atoms with van der Waals surface area (Å²) in [4.78, 5) is 15.7. The van der Waals surface area contributed by atoms with Gasteiger partial charge in [0.05, 0.1) is 5.75 Å². The van der Waals surface area contributed by atoms with Crippen LogP contribution in [0.3, 0.4) is 0 Å². The largest absolute Gasteiger partial charge is 0.342 e. The third-order valence-electron chi connectivity index (χ3n) is 5.59. The Kier molecular flexibility index (Phi) is 5.26. The maximum absolute atomic E-state index is 12.5. The van der Waals surface area contributed by atoms with Gasteiger partial charge in [0.15, 0.2) is 0 Å². The van der Waals surface area contributed by atoms with Crippen LogP contribution < -0.4 is 5.32 Å². The van der Waals surface area contributed by atoms with Crippen molar-refractivity contribution in [3.63, 3.8) is 0 Å². The molecule has 3 nitrogen and oxygen atoms in total. The molecule has 1 spiro atoms. The minimum Gasteiger partial charge on any atom is -0.342 e. The van der Waals surface area contributed by atoms with Crippen molar-refractivity contribution in [3.8, 4) is 0 Å². The maximum Gasteiger partial charge on any atom is 0.232 e. The molecular weight excluding hydrogens is 316 g/mol. The van der Waals surface area contributed by atoms with Gasteiger partial charge in [-0.25, -0.2) is 0 Å². The maximum atomic E-state index is 12.5. The summed E-state index contributed by atoms with van der Waals surface area (Å²) in [5.41, 5.74) is 1.99. The first-order valence-corrected chi connectivity index (χ1v) is 10.1. The number of nitrogens with one attached hydrogen (secondary N) is 1. The lowest BCUT2D eigenvalue weighted by Crippen LogP contribution is -2.44. The van der Waals surface area contributed by atoms with Crippen molar-refractivity contribution in [2.75, 3.05) is 31.9 Å². The van der Waals surface area contributed by atoms with E-state index in [1.165, 1.54) is 16.9 Å². The number of hydrogen-bond acceptors (Lipinski definition) is 3. The lowest BCUT2D eigenvalue weighted by Gasteiger charge is -2.38. The van der Waals surface area contributed by atoms with Crippen molar-refractivity contribution in [2.24, 2.45) is 5.41 Å². The molecule has 0 unspecified atom stereocenters. The average Bonchev–Trinajstić information content (AvgIpc) is 3.01. The van der Waals surface area contributed by atoms with E-state index in [2.05, 4.69) is 55.3 Å². The fraction of sp³-hybridized carbons (Fsp3) is 0.650. The highest BCUT2D eigenvalue weighted by molar-refractivity contribution is 8.00. The third-order valence-corrected chi connectivity index (χ3v) is 6.59. The van der Waals surface area contributed by atoms with Crippen LogP contribution in [-0.4, -0.2) is 42.7 Å². The zero-order valence-corrected chi connectivity index (χ0v) is 16.0. The molecule has 2 heterocycles. The fourth-order valence-electron chi connectivity index (χ4n) is 3.74. The van der Waals surface area contributed by atoms with Gasteiger partial charge >= 0.3 is 0 Å². The Balaban J connectivity index is 1.47. The van der Waals surface area contributed by atoms with Crippen LogP contribution in [-0.2, 0) is 10.2 Å². The smallest absolute Gasteiger partial charge is 0.232 e. The molecule has 4 heteroatoms. The van der Waals surface area contributed by atoms with E-state index in [0.29, 0.717) is 17.1 Å². The van der Waals surface area contributed by atoms with Gasteiger partial charge in [-0.05, 0) is 54.3 Å². The average molecular weight is 347 g/mol. The van der Waals surface area contributed by atoms with E-state index in [0.717, 1.165) is 39.0 Å². The van der Waals surface area contributed by atoms with Gasteiger partial charge in [0, 0.05) is 24.5 Å². The Bertz CT molecular complexity index is 560. The zero-order chi connectivity index (χ0) is 17.2. The number of rotatable bonds is 3. The summed E-state index contributed by atoms with van der Waals surface area (Å²) in [6.45, 7) is 10.8. The molecule has 1 aromatic rings. The third kappa shape index (κ3) is 4.15. The quantitative estimate of drug-likeness (QED) is 0.848. The first-order valence-electron chi connectivity index (χ1n) is 9.10. The topological polar surface area (TPSA) is 32.3 Å². The van der Waals surface area contributed by atoms with Crippen LogP contribution in [0.4, 0.5) is 0 Å². The van der Waals surface area contributed by atoms with Gasteiger partial charge in [-0.15, -0.1) is 11.8 Å². The van der Waals surface area contributed by atoms with Crippen LogP contribution in [0.5, 0.6) is 0 Å².